The van der Waals surface area contributed by atoms with E-state index in [4.69, 9.17) is 19.1 Å². The Morgan fingerprint density at radius 3 is 2.31 bits per heavy atom. The molecule has 6 rings (SSSR count). The van der Waals surface area contributed by atoms with Gasteiger partial charge in [0.25, 0.3) is 0 Å². The molecule has 2 aliphatic heterocycles. The zero-order valence-electron chi connectivity index (χ0n) is 27.4. The predicted octanol–water partition coefficient (Wildman–Crippen LogP) is 4.82. The summed E-state index contributed by atoms with van der Waals surface area (Å²) in [6.07, 6.45) is 4.27. The number of benzene rings is 3. The molecule has 0 saturated carbocycles. The zero-order valence-corrected chi connectivity index (χ0v) is 27.4. The number of hydrogen-bond acceptors (Lipinski definition) is 7. The monoisotopic (exact) mass is 662 g/mol. The number of urea groups is 1. The van der Waals surface area contributed by atoms with Crippen LogP contribution in [-0.2, 0) is 22.8 Å². The second-order valence-electron chi connectivity index (χ2n) is 11.7. The summed E-state index contributed by atoms with van der Waals surface area (Å²) in [7, 11) is 1.60. The minimum absolute atomic E-state index is 0.0609. The van der Waals surface area contributed by atoms with Gasteiger partial charge in [-0.15, -0.1) is 6.58 Å². The van der Waals surface area contributed by atoms with E-state index in [2.05, 4.69) is 11.9 Å². The van der Waals surface area contributed by atoms with Crippen LogP contribution in [0.1, 0.15) is 35.4 Å². The van der Waals surface area contributed by atoms with Gasteiger partial charge in [-0.1, -0.05) is 84.9 Å². The van der Waals surface area contributed by atoms with Gasteiger partial charge in [-0.2, -0.15) is 9.79 Å². The van der Waals surface area contributed by atoms with E-state index in [0.29, 0.717) is 18.0 Å². The molecule has 1 N–H and O–H groups in total. The normalized spacial score (nSPS) is 16.7. The molecule has 2 aliphatic rings. The number of nitrogens with zero attached hydrogens (tertiary/aromatic N) is 3. The summed E-state index contributed by atoms with van der Waals surface area (Å²) < 4.78 is 12.7. The van der Waals surface area contributed by atoms with Crippen LogP contribution >= 0.6 is 0 Å². The Balaban J connectivity index is 1.27. The molecule has 3 aromatic carbocycles. The number of rotatable bonds is 14. The van der Waals surface area contributed by atoms with Crippen molar-refractivity contribution in [2.24, 2.45) is 0 Å². The summed E-state index contributed by atoms with van der Waals surface area (Å²) in [5, 5.41) is 4.21. The number of ether oxygens (including phenoxy) is 2. The molecular formula is C38H38N4O7. The summed E-state index contributed by atoms with van der Waals surface area (Å²) in [4.78, 5) is 53.8. The third kappa shape index (κ3) is 7.37. The lowest BCUT2D eigenvalue weighted by Crippen LogP contribution is -2.48. The van der Waals surface area contributed by atoms with Gasteiger partial charge in [0.2, 0.25) is 11.3 Å². The Kier molecular flexibility index (Phi) is 10.1. The number of hydrogen-bond donors (Lipinski definition) is 1. The van der Waals surface area contributed by atoms with Crippen molar-refractivity contribution < 1.29 is 28.7 Å². The topological polar surface area (TPSA) is 112 Å². The largest absolute Gasteiger partial charge is 0.497 e. The standard InChI is InChI=1S/C38H38N4O7/c1-4-19-48-42-33-23-40(38(42)45)32(20-26(33)2)37(44)39-22-30-21-34(43)35(47-25-27-15-17-31(46-3)18-16-27)24-41(30)49-36(28-11-7-5-8-12-28)29-13-9-6-10-14-29/h4-18,20-21,24,32-33,36H,1,19,22-23,25H2,2-3H3,(H,39,44)/t32-,33-/m0/s1. The van der Waals surface area contributed by atoms with Gasteiger partial charge in [-0.3, -0.25) is 14.4 Å². The lowest BCUT2D eigenvalue weighted by atomic mass is 10.0. The maximum absolute atomic E-state index is 13.6. The fraction of sp³-hybridized carbons (Fsp3) is 0.237. The molecule has 0 radical (unpaired) electrons. The first kappa shape index (κ1) is 33.1. The van der Waals surface area contributed by atoms with Crippen LogP contribution in [-0.4, -0.2) is 59.0 Å². The molecular weight excluding hydrogens is 624 g/mol. The molecule has 11 heteroatoms. The molecule has 4 aromatic rings. The second kappa shape index (κ2) is 15.0. The summed E-state index contributed by atoms with van der Waals surface area (Å²) in [6, 6.07) is 26.6. The van der Waals surface area contributed by atoms with Crippen LogP contribution in [0.25, 0.3) is 0 Å². The van der Waals surface area contributed by atoms with Gasteiger partial charge in [-0.25, -0.2) is 4.79 Å². The van der Waals surface area contributed by atoms with Gasteiger partial charge in [0, 0.05) is 6.07 Å². The van der Waals surface area contributed by atoms with E-state index in [-0.39, 0.29) is 37.0 Å². The van der Waals surface area contributed by atoms with E-state index in [1.807, 2.05) is 91.9 Å². The summed E-state index contributed by atoms with van der Waals surface area (Å²) >= 11 is 0. The Bertz CT molecular complexity index is 1840. The van der Waals surface area contributed by atoms with Crippen molar-refractivity contribution in [1.29, 1.82) is 0 Å². The maximum Gasteiger partial charge on any atom is 0.345 e. The van der Waals surface area contributed by atoms with Crippen molar-refractivity contribution in [1.82, 2.24) is 20.0 Å². The summed E-state index contributed by atoms with van der Waals surface area (Å²) in [5.74, 6) is 0.382. The van der Waals surface area contributed by atoms with Crippen LogP contribution in [0.2, 0.25) is 0 Å². The van der Waals surface area contributed by atoms with Gasteiger partial charge in [0.15, 0.2) is 11.9 Å². The van der Waals surface area contributed by atoms with Crippen molar-refractivity contribution in [3.63, 3.8) is 0 Å². The molecule has 252 valence electrons. The number of nitrogens with one attached hydrogen (secondary N) is 1. The van der Waals surface area contributed by atoms with E-state index < -0.39 is 24.1 Å². The first-order valence-corrected chi connectivity index (χ1v) is 15.9. The van der Waals surface area contributed by atoms with Gasteiger partial charge < -0.3 is 24.5 Å². The second-order valence-corrected chi connectivity index (χ2v) is 11.7. The van der Waals surface area contributed by atoms with Crippen LogP contribution in [0.5, 0.6) is 11.5 Å². The number of amides is 3. The van der Waals surface area contributed by atoms with Crippen LogP contribution in [0.3, 0.4) is 0 Å². The van der Waals surface area contributed by atoms with Crippen molar-refractivity contribution in [2.45, 2.75) is 38.3 Å². The van der Waals surface area contributed by atoms with E-state index in [1.165, 1.54) is 27.0 Å². The molecule has 3 heterocycles. The minimum atomic E-state index is -0.851. The lowest BCUT2D eigenvalue weighted by Gasteiger charge is -2.28. The quantitative estimate of drug-likeness (QED) is 0.193. The number of pyridine rings is 1. The van der Waals surface area contributed by atoms with E-state index >= 15 is 0 Å². The van der Waals surface area contributed by atoms with Gasteiger partial charge in [0.1, 0.15) is 18.4 Å². The lowest BCUT2D eigenvalue weighted by molar-refractivity contribution is -0.124. The third-order valence-electron chi connectivity index (χ3n) is 8.45. The number of hydroxylamine groups is 2. The number of fused-ring (bicyclic) bond motifs is 2. The average Bonchev–Trinajstić information content (AvgIpc) is 3.42. The fourth-order valence-electron chi connectivity index (χ4n) is 5.83. The molecule has 0 spiro atoms. The first-order valence-electron chi connectivity index (χ1n) is 15.9. The molecule has 49 heavy (non-hydrogen) atoms. The molecule has 11 nitrogen and oxygen atoms in total. The smallest absolute Gasteiger partial charge is 0.345 e. The van der Waals surface area contributed by atoms with Gasteiger partial charge in [-0.05, 0) is 41.3 Å². The van der Waals surface area contributed by atoms with Crippen LogP contribution in [0.15, 0.2) is 126 Å². The Morgan fingerprint density at radius 2 is 1.67 bits per heavy atom. The Hall–Kier alpha value is -5.81. The minimum Gasteiger partial charge on any atom is -0.497 e. The van der Waals surface area contributed by atoms with Gasteiger partial charge >= 0.3 is 6.03 Å². The van der Waals surface area contributed by atoms with E-state index in [1.54, 1.807) is 19.3 Å². The van der Waals surface area contributed by atoms with Crippen LogP contribution in [0.4, 0.5) is 4.79 Å². The zero-order chi connectivity index (χ0) is 34.3. The highest BCUT2D eigenvalue weighted by Gasteiger charge is 2.47. The molecule has 3 amide bonds. The number of aromatic nitrogens is 1. The van der Waals surface area contributed by atoms with E-state index in [0.717, 1.165) is 22.3 Å². The predicted molar refractivity (Wildman–Crippen MR) is 183 cm³/mol. The van der Waals surface area contributed by atoms with Crippen LogP contribution in [0, 0.1) is 0 Å². The van der Waals surface area contributed by atoms with Gasteiger partial charge in [0.05, 0.1) is 44.7 Å². The first-order chi connectivity index (χ1) is 23.9. The molecule has 1 aromatic heterocycles. The van der Waals surface area contributed by atoms with Crippen molar-refractivity contribution in [3.05, 3.63) is 154 Å². The number of carbonyl (C=O) groups is 2. The number of methoxy groups -OCH3 is 1. The highest BCUT2D eigenvalue weighted by molar-refractivity contribution is 5.90. The van der Waals surface area contributed by atoms with E-state index in [9.17, 15) is 14.4 Å². The third-order valence-corrected chi connectivity index (χ3v) is 8.45. The summed E-state index contributed by atoms with van der Waals surface area (Å²) in [5.41, 5.74) is 3.46. The summed E-state index contributed by atoms with van der Waals surface area (Å²) in [6.45, 7) is 6.09. The Labute approximate surface area is 284 Å². The maximum atomic E-state index is 13.6. The molecule has 2 atom stereocenters. The molecule has 1 saturated heterocycles. The molecule has 0 aliphatic carbocycles. The molecule has 0 unspecified atom stereocenters. The van der Waals surface area contributed by atoms with Crippen molar-refractivity contribution in [3.8, 4) is 11.5 Å². The Morgan fingerprint density at radius 1 is 1.00 bits per heavy atom. The van der Waals surface area contributed by atoms with Crippen LogP contribution < -0.4 is 25.1 Å². The highest BCUT2D eigenvalue weighted by atomic mass is 16.7. The fourth-order valence-corrected chi connectivity index (χ4v) is 5.83. The van der Waals surface area contributed by atoms with Crippen molar-refractivity contribution >= 4 is 11.9 Å². The highest BCUT2D eigenvalue weighted by Crippen LogP contribution is 2.30. The molecule has 1 fully saturated rings. The average molecular weight is 663 g/mol. The number of carbonyl (C=O) groups excluding carboxylic acids is 2. The van der Waals surface area contributed by atoms with Crippen molar-refractivity contribution in [2.75, 3.05) is 20.3 Å². The SMILES string of the molecule is C=CCON1C(=O)N2C[C@H]1C(C)=C[C@H]2C(=O)NCc1cc(=O)c(OCc2ccc(OC)cc2)cn1OC(c1ccccc1)c1ccccc1. The molecule has 2 bridgehead atoms.